The average molecular weight is 362 g/mol. The van der Waals surface area contributed by atoms with Crippen molar-refractivity contribution in [2.75, 3.05) is 11.4 Å². The number of amides is 1. The zero-order valence-electron chi connectivity index (χ0n) is 17.1. The third kappa shape index (κ3) is 3.54. The molecular formula is C25H31NO. The van der Waals surface area contributed by atoms with Crippen LogP contribution in [0.15, 0.2) is 42.5 Å². The van der Waals surface area contributed by atoms with Gasteiger partial charge in [0.15, 0.2) is 0 Å². The fraction of sp³-hybridized carbons (Fsp3) is 0.480. The van der Waals surface area contributed by atoms with Crippen LogP contribution in [0.3, 0.4) is 0 Å². The second-order valence-corrected chi connectivity index (χ2v) is 9.52. The van der Waals surface area contributed by atoms with E-state index in [9.17, 15) is 4.79 Å². The molecule has 0 saturated carbocycles. The lowest BCUT2D eigenvalue weighted by Gasteiger charge is -2.40. The Morgan fingerprint density at radius 2 is 1.74 bits per heavy atom. The van der Waals surface area contributed by atoms with Gasteiger partial charge in [-0.25, -0.2) is 0 Å². The van der Waals surface area contributed by atoms with Gasteiger partial charge in [-0.15, -0.1) is 0 Å². The molecule has 1 aliphatic heterocycles. The normalized spacial score (nSPS) is 19.7. The van der Waals surface area contributed by atoms with Crippen molar-refractivity contribution in [3.63, 3.8) is 0 Å². The van der Waals surface area contributed by atoms with Crippen LogP contribution in [0.5, 0.6) is 0 Å². The summed E-state index contributed by atoms with van der Waals surface area (Å²) in [7, 11) is 0. The monoisotopic (exact) mass is 361 g/mol. The van der Waals surface area contributed by atoms with Crippen LogP contribution in [0.25, 0.3) is 0 Å². The maximum atomic E-state index is 12.1. The number of carbonyl (C=O) groups excluding carboxylic acids is 1. The number of anilines is 1. The van der Waals surface area contributed by atoms with Gasteiger partial charge in [-0.1, -0.05) is 57.2 Å². The molecule has 2 heteroatoms. The molecule has 2 aromatic carbocycles. The molecule has 0 bridgehead atoms. The van der Waals surface area contributed by atoms with Gasteiger partial charge in [-0.3, -0.25) is 4.79 Å². The second-order valence-electron chi connectivity index (χ2n) is 9.52. The fourth-order valence-electron chi connectivity index (χ4n) is 5.14. The molecule has 142 valence electrons. The first-order chi connectivity index (χ1) is 12.8. The summed E-state index contributed by atoms with van der Waals surface area (Å²) in [5.74, 6) is 1.35. The minimum Gasteiger partial charge on any atom is -0.312 e. The Balaban J connectivity index is 1.62. The quantitative estimate of drug-likeness (QED) is 0.688. The highest BCUT2D eigenvalue weighted by Gasteiger charge is 2.34. The van der Waals surface area contributed by atoms with Crippen molar-refractivity contribution in [2.45, 2.75) is 59.3 Å². The molecule has 1 aliphatic carbocycles. The van der Waals surface area contributed by atoms with E-state index in [4.69, 9.17) is 0 Å². The van der Waals surface area contributed by atoms with Crippen LogP contribution in [0.2, 0.25) is 0 Å². The van der Waals surface area contributed by atoms with Crippen LogP contribution in [0.1, 0.15) is 62.3 Å². The summed E-state index contributed by atoms with van der Waals surface area (Å²) < 4.78 is 0. The molecular weight excluding hydrogens is 330 g/mol. The molecule has 0 fully saturated rings. The molecule has 1 unspecified atom stereocenters. The van der Waals surface area contributed by atoms with Gasteiger partial charge in [0.05, 0.1) is 0 Å². The Hall–Kier alpha value is -2.09. The Bertz CT molecular complexity index is 836. The van der Waals surface area contributed by atoms with E-state index in [2.05, 4.69) is 63.2 Å². The van der Waals surface area contributed by atoms with Gasteiger partial charge in [0, 0.05) is 19.2 Å². The molecule has 4 rings (SSSR count). The van der Waals surface area contributed by atoms with Crippen LogP contribution >= 0.6 is 0 Å². The summed E-state index contributed by atoms with van der Waals surface area (Å²) in [4.78, 5) is 14.1. The molecule has 0 saturated heterocycles. The van der Waals surface area contributed by atoms with Gasteiger partial charge >= 0.3 is 0 Å². The van der Waals surface area contributed by atoms with Crippen molar-refractivity contribution in [1.29, 1.82) is 0 Å². The molecule has 1 atom stereocenters. The molecule has 2 nitrogen and oxygen atoms in total. The van der Waals surface area contributed by atoms with E-state index in [-0.39, 0.29) is 11.3 Å². The number of fused-ring (bicyclic) bond motifs is 2. The van der Waals surface area contributed by atoms with E-state index in [0.29, 0.717) is 11.8 Å². The Morgan fingerprint density at radius 3 is 2.33 bits per heavy atom. The van der Waals surface area contributed by atoms with Gasteiger partial charge in [0.25, 0.3) is 0 Å². The van der Waals surface area contributed by atoms with Gasteiger partial charge in [0.1, 0.15) is 0 Å². The topological polar surface area (TPSA) is 20.3 Å². The number of nitrogens with zero attached hydrogens (tertiary/aromatic N) is 1. The van der Waals surface area contributed by atoms with Crippen molar-refractivity contribution < 1.29 is 4.79 Å². The summed E-state index contributed by atoms with van der Waals surface area (Å²) in [5.41, 5.74) is 7.18. The average Bonchev–Trinajstić information content (AvgIpc) is 3.01. The third-order valence-electron chi connectivity index (χ3n) is 6.48. The van der Waals surface area contributed by atoms with E-state index in [0.717, 1.165) is 25.1 Å². The third-order valence-corrected chi connectivity index (χ3v) is 6.48. The molecule has 1 heterocycles. The minimum atomic E-state index is 0.155. The lowest BCUT2D eigenvalue weighted by molar-refractivity contribution is -0.116. The number of benzene rings is 2. The largest absolute Gasteiger partial charge is 0.312 e. The maximum absolute atomic E-state index is 12.1. The van der Waals surface area contributed by atoms with Gasteiger partial charge in [0.2, 0.25) is 5.91 Å². The van der Waals surface area contributed by atoms with Gasteiger partial charge < -0.3 is 4.90 Å². The second kappa shape index (κ2) is 6.82. The predicted molar refractivity (Wildman–Crippen MR) is 112 cm³/mol. The summed E-state index contributed by atoms with van der Waals surface area (Å²) in [5, 5.41) is 0. The van der Waals surface area contributed by atoms with Crippen molar-refractivity contribution in [2.24, 2.45) is 11.3 Å². The molecule has 0 N–H and O–H groups in total. The molecule has 0 spiro atoms. The van der Waals surface area contributed by atoms with Crippen LogP contribution < -0.4 is 4.90 Å². The Morgan fingerprint density at radius 1 is 1.07 bits per heavy atom. The lowest BCUT2D eigenvalue weighted by atomic mass is 9.72. The van der Waals surface area contributed by atoms with Gasteiger partial charge in [-0.05, 0) is 71.3 Å². The fourth-order valence-corrected chi connectivity index (χ4v) is 5.14. The zero-order chi connectivity index (χ0) is 19.2. The molecule has 27 heavy (non-hydrogen) atoms. The minimum absolute atomic E-state index is 0.155. The van der Waals surface area contributed by atoms with E-state index in [1.807, 2.05) is 4.90 Å². The summed E-state index contributed by atoms with van der Waals surface area (Å²) in [6.07, 6.45) is 4.55. The summed E-state index contributed by atoms with van der Waals surface area (Å²) in [6.45, 7) is 9.49. The Kier molecular flexibility index (Phi) is 4.61. The lowest BCUT2D eigenvalue weighted by Crippen LogP contribution is -2.38. The highest BCUT2D eigenvalue weighted by molar-refractivity contribution is 5.93. The van der Waals surface area contributed by atoms with Crippen LogP contribution in [-0.4, -0.2) is 12.5 Å². The van der Waals surface area contributed by atoms with E-state index in [1.54, 1.807) is 6.92 Å². The van der Waals surface area contributed by atoms with Crippen LogP contribution in [0.4, 0.5) is 5.69 Å². The SMILES string of the molecule is CC(=O)N1CCC(C(C)(C)C)c2cc(CC3Cc4ccccc4C3)ccc21. The van der Waals surface area contributed by atoms with E-state index >= 15 is 0 Å². The predicted octanol–water partition coefficient (Wildman–Crippen LogP) is 5.53. The number of hydrogen-bond donors (Lipinski definition) is 0. The maximum Gasteiger partial charge on any atom is 0.223 e. The standard InChI is InChI=1S/C25H31NO/c1-17(27)26-12-11-23(25(2,3)4)22-16-18(9-10-24(22)26)13-19-14-20-7-5-6-8-21(20)15-19/h5-10,16,19,23H,11-15H2,1-4H3. The molecule has 0 aromatic heterocycles. The van der Waals surface area contributed by atoms with Crippen LogP contribution in [-0.2, 0) is 24.1 Å². The van der Waals surface area contributed by atoms with Crippen molar-refractivity contribution in [3.8, 4) is 0 Å². The highest BCUT2D eigenvalue weighted by Crippen LogP contribution is 2.46. The summed E-state index contributed by atoms with van der Waals surface area (Å²) in [6, 6.07) is 15.7. The number of carbonyl (C=O) groups is 1. The number of hydrogen-bond acceptors (Lipinski definition) is 1. The first-order valence-corrected chi connectivity index (χ1v) is 10.3. The first kappa shape index (κ1) is 18.3. The van der Waals surface area contributed by atoms with E-state index in [1.165, 1.54) is 35.1 Å². The van der Waals surface area contributed by atoms with Gasteiger partial charge in [-0.2, -0.15) is 0 Å². The molecule has 0 radical (unpaired) electrons. The highest BCUT2D eigenvalue weighted by atomic mass is 16.2. The smallest absolute Gasteiger partial charge is 0.223 e. The van der Waals surface area contributed by atoms with Crippen molar-refractivity contribution in [1.82, 2.24) is 0 Å². The van der Waals surface area contributed by atoms with E-state index < -0.39 is 0 Å². The van der Waals surface area contributed by atoms with Crippen LogP contribution in [0, 0.1) is 11.3 Å². The molecule has 2 aliphatic rings. The number of rotatable bonds is 2. The van der Waals surface area contributed by atoms with Crippen molar-refractivity contribution in [3.05, 3.63) is 64.7 Å². The molecule has 1 amide bonds. The summed E-state index contributed by atoms with van der Waals surface area (Å²) >= 11 is 0. The first-order valence-electron chi connectivity index (χ1n) is 10.3. The molecule has 2 aromatic rings. The Labute approximate surface area is 163 Å². The van der Waals surface area contributed by atoms with Crippen molar-refractivity contribution >= 4 is 11.6 Å². The zero-order valence-corrected chi connectivity index (χ0v) is 17.1.